The Balaban J connectivity index is 1.60. The molecule has 0 aliphatic carbocycles. The van der Waals surface area contributed by atoms with Gasteiger partial charge < -0.3 is 19.5 Å². The highest BCUT2D eigenvalue weighted by atomic mass is 16.5. The number of benzene rings is 3. The summed E-state index contributed by atoms with van der Waals surface area (Å²) in [6, 6.07) is 21.5. The second-order valence-corrected chi connectivity index (χ2v) is 8.87. The molecule has 0 saturated carbocycles. The van der Waals surface area contributed by atoms with Gasteiger partial charge in [-0.2, -0.15) is 0 Å². The van der Waals surface area contributed by atoms with Crippen LogP contribution in [0.5, 0.6) is 11.5 Å². The van der Waals surface area contributed by atoms with Crippen LogP contribution in [0.2, 0.25) is 0 Å². The lowest BCUT2D eigenvalue weighted by molar-refractivity contribution is -0.140. The molecule has 35 heavy (non-hydrogen) atoms. The maximum Gasteiger partial charge on any atom is 0.295 e. The van der Waals surface area contributed by atoms with E-state index >= 15 is 0 Å². The van der Waals surface area contributed by atoms with Gasteiger partial charge in [0.25, 0.3) is 11.7 Å². The number of aliphatic hydroxyl groups is 1. The van der Waals surface area contributed by atoms with Crippen molar-refractivity contribution in [3.63, 3.8) is 0 Å². The SMILES string of the molecule is CCOc1ccc(C2/C(=C(\O)c3ccc4c(c3)CC(C)O4)C(=O)C(=O)N2Cc2ccccc2)cc1. The highest BCUT2D eigenvalue weighted by molar-refractivity contribution is 6.46. The Kier molecular flexibility index (Phi) is 6.03. The largest absolute Gasteiger partial charge is 0.507 e. The van der Waals surface area contributed by atoms with Gasteiger partial charge in [-0.3, -0.25) is 9.59 Å². The molecule has 0 spiro atoms. The topological polar surface area (TPSA) is 76.1 Å². The molecule has 6 heteroatoms. The van der Waals surface area contributed by atoms with Crippen molar-refractivity contribution in [2.45, 2.75) is 39.0 Å². The summed E-state index contributed by atoms with van der Waals surface area (Å²) in [7, 11) is 0. The number of likely N-dealkylation sites (tertiary alicyclic amines) is 1. The molecular formula is C29H27NO5. The van der Waals surface area contributed by atoms with E-state index in [9.17, 15) is 14.7 Å². The van der Waals surface area contributed by atoms with Crippen LogP contribution in [0.15, 0.2) is 78.4 Å². The Labute approximate surface area is 204 Å². The first-order valence-electron chi connectivity index (χ1n) is 11.8. The molecule has 178 valence electrons. The second-order valence-electron chi connectivity index (χ2n) is 8.87. The van der Waals surface area contributed by atoms with Gasteiger partial charge in [0.05, 0.1) is 18.2 Å². The summed E-state index contributed by atoms with van der Waals surface area (Å²) in [4.78, 5) is 28.1. The lowest BCUT2D eigenvalue weighted by atomic mass is 9.94. The molecule has 0 radical (unpaired) electrons. The zero-order valence-electron chi connectivity index (χ0n) is 19.7. The van der Waals surface area contributed by atoms with Gasteiger partial charge >= 0.3 is 0 Å². The number of hydrogen-bond acceptors (Lipinski definition) is 5. The van der Waals surface area contributed by atoms with E-state index in [1.54, 1.807) is 12.1 Å². The van der Waals surface area contributed by atoms with Crippen molar-refractivity contribution in [2.75, 3.05) is 6.61 Å². The van der Waals surface area contributed by atoms with Gasteiger partial charge in [-0.05, 0) is 60.9 Å². The van der Waals surface area contributed by atoms with Crippen molar-refractivity contribution < 1.29 is 24.2 Å². The first kappa shape index (κ1) is 22.7. The van der Waals surface area contributed by atoms with Gasteiger partial charge in [-0.15, -0.1) is 0 Å². The molecular weight excluding hydrogens is 442 g/mol. The van der Waals surface area contributed by atoms with Crippen molar-refractivity contribution in [3.05, 3.63) is 101 Å². The van der Waals surface area contributed by atoms with Gasteiger partial charge in [0.2, 0.25) is 0 Å². The summed E-state index contributed by atoms with van der Waals surface area (Å²) >= 11 is 0. The van der Waals surface area contributed by atoms with Crippen molar-refractivity contribution in [1.82, 2.24) is 4.90 Å². The number of Topliss-reactive ketones (excluding diaryl/α,β-unsaturated/α-hetero) is 1. The third-order valence-electron chi connectivity index (χ3n) is 6.41. The van der Waals surface area contributed by atoms with E-state index in [2.05, 4.69) is 0 Å². The van der Waals surface area contributed by atoms with Gasteiger partial charge in [0, 0.05) is 18.5 Å². The summed E-state index contributed by atoms with van der Waals surface area (Å²) in [6.07, 6.45) is 0.781. The molecule has 2 atom stereocenters. The molecule has 2 heterocycles. The second kappa shape index (κ2) is 9.29. The van der Waals surface area contributed by atoms with Crippen molar-refractivity contribution in [1.29, 1.82) is 0 Å². The molecule has 0 aromatic heterocycles. The van der Waals surface area contributed by atoms with Gasteiger partial charge in [0.15, 0.2) is 0 Å². The summed E-state index contributed by atoms with van der Waals surface area (Å²) in [6.45, 7) is 4.67. The molecule has 3 aromatic carbocycles. The fourth-order valence-electron chi connectivity index (χ4n) is 4.81. The van der Waals surface area contributed by atoms with Crippen LogP contribution in [0.25, 0.3) is 5.76 Å². The van der Waals surface area contributed by atoms with Crippen LogP contribution in [0.1, 0.15) is 42.1 Å². The van der Waals surface area contributed by atoms with E-state index in [1.165, 1.54) is 4.90 Å². The molecule has 0 bridgehead atoms. The standard InChI is InChI=1S/C29H27NO5/c1-3-34-23-12-9-20(10-13-23)26-25(27(31)21-11-14-24-22(16-21)15-18(2)35-24)28(32)29(33)30(26)17-19-7-5-4-6-8-19/h4-14,16,18,26,31H,3,15,17H2,1-2H3/b27-25+. The number of ketones is 1. The summed E-state index contributed by atoms with van der Waals surface area (Å²) < 4.78 is 11.3. The van der Waals surface area contributed by atoms with Crippen LogP contribution in [0, 0.1) is 0 Å². The Hall–Kier alpha value is -4.06. The van der Waals surface area contributed by atoms with Crippen LogP contribution in [0.4, 0.5) is 0 Å². The Morgan fingerprint density at radius 2 is 1.80 bits per heavy atom. The molecule has 2 unspecified atom stereocenters. The molecule has 2 aliphatic rings. The smallest absolute Gasteiger partial charge is 0.295 e. The van der Waals surface area contributed by atoms with E-state index in [1.807, 2.05) is 74.5 Å². The number of carbonyl (C=O) groups excluding carboxylic acids is 2. The maximum absolute atomic E-state index is 13.3. The van der Waals surface area contributed by atoms with E-state index in [4.69, 9.17) is 9.47 Å². The minimum absolute atomic E-state index is 0.0581. The van der Waals surface area contributed by atoms with Crippen LogP contribution in [0.3, 0.4) is 0 Å². The third kappa shape index (κ3) is 4.28. The maximum atomic E-state index is 13.3. The molecule has 2 aliphatic heterocycles. The first-order valence-corrected chi connectivity index (χ1v) is 11.8. The summed E-state index contributed by atoms with van der Waals surface area (Å²) in [5.74, 6) is -0.0272. The summed E-state index contributed by atoms with van der Waals surface area (Å²) in [5, 5.41) is 11.4. The zero-order valence-corrected chi connectivity index (χ0v) is 19.7. The van der Waals surface area contributed by atoms with Crippen molar-refractivity contribution in [2.24, 2.45) is 0 Å². The van der Waals surface area contributed by atoms with E-state index in [-0.39, 0.29) is 24.0 Å². The van der Waals surface area contributed by atoms with E-state index < -0.39 is 17.7 Å². The highest BCUT2D eigenvalue weighted by Gasteiger charge is 2.46. The Morgan fingerprint density at radius 1 is 1.06 bits per heavy atom. The predicted molar refractivity (Wildman–Crippen MR) is 132 cm³/mol. The summed E-state index contributed by atoms with van der Waals surface area (Å²) in [5.41, 5.74) is 3.17. The third-order valence-corrected chi connectivity index (χ3v) is 6.41. The lowest BCUT2D eigenvalue weighted by Crippen LogP contribution is -2.29. The highest BCUT2D eigenvalue weighted by Crippen LogP contribution is 2.41. The molecule has 1 N–H and O–H groups in total. The monoisotopic (exact) mass is 469 g/mol. The number of carbonyl (C=O) groups is 2. The lowest BCUT2D eigenvalue weighted by Gasteiger charge is -2.25. The first-order chi connectivity index (χ1) is 17.0. The Morgan fingerprint density at radius 3 is 2.51 bits per heavy atom. The fraction of sp³-hybridized carbons (Fsp3) is 0.241. The molecule has 3 aromatic rings. The van der Waals surface area contributed by atoms with Crippen molar-refractivity contribution >= 4 is 17.4 Å². The minimum atomic E-state index is -0.727. The predicted octanol–water partition coefficient (Wildman–Crippen LogP) is 5.03. The molecule has 5 rings (SSSR count). The fourth-order valence-corrected chi connectivity index (χ4v) is 4.81. The molecule has 1 fully saturated rings. The van der Waals surface area contributed by atoms with Crippen LogP contribution in [-0.4, -0.2) is 34.4 Å². The number of nitrogens with zero attached hydrogens (tertiary/aromatic N) is 1. The number of rotatable bonds is 6. The van der Waals surface area contributed by atoms with Crippen molar-refractivity contribution in [3.8, 4) is 11.5 Å². The number of fused-ring (bicyclic) bond motifs is 1. The minimum Gasteiger partial charge on any atom is -0.507 e. The van der Waals surface area contributed by atoms with Crippen LogP contribution >= 0.6 is 0 Å². The Bertz CT molecular complexity index is 1300. The van der Waals surface area contributed by atoms with Gasteiger partial charge in [-0.1, -0.05) is 42.5 Å². The quantitative estimate of drug-likeness (QED) is 0.311. The number of ether oxygens (including phenoxy) is 2. The molecule has 1 amide bonds. The van der Waals surface area contributed by atoms with E-state index in [0.29, 0.717) is 17.9 Å². The van der Waals surface area contributed by atoms with Crippen LogP contribution < -0.4 is 9.47 Å². The van der Waals surface area contributed by atoms with Gasteiger partial charge in [0.1, 0.15) is 23.4 Å². The van der Waals surface area contributed by atoms with Gasteiger partial charge in [-0.25, -0.2) is 0 Å². The van der Waals surface area contributed by atoms with E-state index in [0.717, 1.165) is 28.9 Å². The van der Waals surface area contributed by atoms with Crippen LogP contribution in [-0.2, 0) is 22.6 Å². The average Bonchev–Trinajstić information content (AvgIpc) is 3.36. The number of amides is 1. The normalized spacial score (nSPS) is 20.6. The number of aliphatic hydroxyl groups excluding tert-OH is 1. The molecule has 6 nitrogen and oxygen atoms in total. The number of hydrogen-bond donors (Lipinski definition) is 1. The molecule has 1 saturated heterocycles. The zero-order chi connectivity index (χ0) is 24.5. The average molecular weight is 470 g/mol.